The summed E-state index contributed by atoms with van der Waals surface area (Å²) in [5.74, 6) is 0.940. The first kappa shape index (κ1) is 17.6. The van der Waals surface area contributed by atoms with Crippen molar-refractivity contribution in [1.29, 1.82) is 0 Å². The molecule has 120 valence electrons. The zero-order valence-electron chi connectivity index (χ0n) is 13.4. The fourth-order valence-electron chi connectivity index (χ4n) is 2.25. The number of halogens is 1. The third kappa shape index (κ3) is 4.18. The minimum atomic E-state index is 0. The molecule has 0 spiro atoms. The molecule has 5 heteroatoms. The molecule has 0 radical (unpaired) electrons. The van der Waals surface area contributed by atoms with Gasteiger partial charge in [0.25, 0.3) is 0 Å². The van der Waals surface area contributed by atoms with Gasteiger partial charge in [-0.2, -0.15) is 4.98 Å². The minimum Gasteiger partial charge on any atom is -0.253 e. The number of hydrogen-bond donors (Lipinski definition) is 0. The van der Waals surface area contributed by atoms with Crippen LogP contribution in [0.25, 0.3) is 17.1 Å². The summed E-state index contributed by atoms with van der Waals surface area (Å²) in [5, 5.41) is 0. The van der Waals surface area contributed by atoms with Crippen molar-refractivity contribution < 1.29 is 0 Å². The molecule has 0 aliphatic rings. The van der Waals surface area contributed by atoms with Crippen molar-refractivity contribution in [3.63, 3.8) is 0 Å². The van der Waals surface area contributed by atoms with Gasteiger partial charge in [-0.25, -0.2) is 3.96 Å². The van der Waals surface area contributed by atoms with Crippen LogP contribution in [0.1, 0.15) is 19.4 Å². The highest BCUT2D eigenvalue weighted by Crippen LogP contribution is 2.22. The van der Waals surface area contributed by atoms with E-state index in [1.807, 2.05) is 18.2 Å². The summed E-state index contributed by atoms with van der Waals surface area (Å²) in [6.07, 6.45) is 0. The molecule has 3 aromatic rings. The summed E-state index contributed by atoms with van der Waals surface area (Å²) < 4.78 is 2.16. The Hall–Kier alpha value is -1.72. The minimum absolute atomic E-state index is 0. The van der Waals surface area contributed by atoms with Crippen LogP contribution in [0.4, 0.5) is 0 Å². The van der Waals surface area contributed by atoms with E-state index in [-0.39, 0.29) is 23.0 Å². The maximum absolute atomic E-state index is 4.74. The molecule has 0 aliphatic carbocycles. The van der Waals surface area contributed by atoms with E-state index in [4.69, 9.17) is 4.98 Å². The standard InChI is InChI=1S/C18H19N3S.BrH/c1-13(2)19-18-20-17(15-9-5-4-6-10-15)21(22-18)16-11-7-8-14(3)12-16;/h4-13H,1-3H3;1H. The highest BCUT2D eigenvalue weighted by molar-refractivity contribution is 8.93. The van der Waals surface area contributed by atoms with Gasteiger partial charge in [0.1, 0.15) is 0 Å². The first-order valence-corrected chi connectivity index (χ1v) is 8.17. The molecule has 2 aromatic carbocycles. The Morgan fingerprint density at radius 1 is 1.04 bits per heavy atom. The summed E-state index contributed by atoms with van der Waals surface area (Å²) in [6.45, 7) is 6.24. The number of benzene rings is 2. The van der Waals surface area contributed by atoms with Crippen molar-refractivity contribution in [2.24, 2.45) is 4.99 Å². The third-order valence-corrected chi connectivity index (χ3v) is 4.13. The largest absolute Gasteiger partial charge is 0.253 e. The smallest absolute Gasteiger partial charge is 0.223 e. The van der Waals surface area contributed by atoms with E-state index in [0.717, 1.165) is 21.9 Å². The van der Waals surface area contributed by atoms with Crippen molar-refractivity contribution in [2.45, 2.75) is 26.8 Å². The molecule has 1 heterocycles. The van der Waals surface area contributed by atoms with Gasteiger partial charge in [-0.3, -0.25) is 4.99 Å². The van der Waals surface area contributed by atoms with Crippen molar-refractivity contribution in [3.8, 4) is 17.1 Å². The van der Waals surface area contributed by atoms with Gasteiger partial charge in [0.05, 0.1) is 5.69 Å². The molecule has 0 saturated carbocycles. The van der Waals surface area contributed by atoms with Gasteiger partial charge in [0.15, 0.2) is 5.82 Å². The predicted octanol–water partition coefficient (Wildman–Crippen LogP) is 4.80. The van der Waals surface area contributed by atoms with Crippen LogP contribution < -0.4 is 4.80 Å². The lowest BCUT2D eigenvalue weighted by atomic mass is 10.2. The van der Waals surface area contributed by atoms with Gasteiger partial charge in [0, 0.05) is 11.6 Å². The molecule has 0 saturated heterocycles. The number of hydrogen-bond acceptors (Lipinski definition) is 3. The van der Waals surface area contributed by atoms with E-state index in [9.17, 15) is 0 Å². The summed E-state index contributed by atoms with van der Waals surface area (Å²) in [4.78, 5) is 10.2. The maximum Gasteiger partial charge on any atom is 0.223 e. The second-order valence-electron chi connectivity index (χ2n) is 5.53. The SMILES string of the molecule is Br.Cc1cccc(-n2sc(=NC(C)C)nc2-c2ccccc2)c1. The monoisotopic (exact) mass is 389 g/mol. The fraction of sp³-hybridized carbons (Fsp3) is 0.222. The van der Waals surface area contributed by atoms with E-state index in [0.29, 0.717) is 0 Å². The fourth-order valence-corrected chi connectivity index (χ4v) is 3.25. The summed E-state index contributed by atoms with van der Waals surface area (Å²) in [5.41, 5.74) is 3.46. The number of rotatable bonds is 3. The molecule has 0 N–H and O–H groups in total. The topological polar surface area (TPSA) is 30.2 Å². The normalized spacial score (nSPS) is 11.6. The van der Waals surface area contributed by atoms with E-state index in [1.165, 1.54) is 5.56 Å². The van der Waals surface area contributed by atoms with Crippen LogP contribution in [0.15, 0.2) is 59.6 Å². The van der Waals surface area contributed by atoms with Gasteiger partial charge >= 0.3 is 0 Å². The average molecular weight is 390 g/mol. The Kier molecular flexibility index (Phi) is 5.91. The number of aryl methyl sites for hydroxylation is 1. The number of aromatic nitrogens is 2. The van der Waals surface area contributed by atoms with E-state index >= 15 is 0 Å². The Morgan fingerprint density at radius 2 is 1.78 bits per heavy atom. The Bertz CT molecular complexity index is 835. The predicted molar refractivity (Wildman–Crippen MR) is 103 cm³/mol. The Balaban J connectivity index is 0.00000192. The van der Waals surface area contributed by atoms with E-state index in [2.05, 4.69) is 66.1 Å². The van der Waals surface area contributed by atoms with Crippen LogP contribution >= 0.6 is 28.5 Å². The van der Waals surface area contributed by atoms with Gasteiger partial charge in [-0.15, -0.1) is 17.0 Å². The Labute approximate surface area is 151 Å². The molecule has 3 rings (SSSR count). The van der Waals surface area contributed by atoms with Crippen LogP contribution in [0.5, 0.6) is 0 Å². The van der Waals surface area contributed by atoms with Gasteiger partial charge < -0.3 is 0 Å². The van der Waals surface area contributed by atoms with Crippen LogP contribution in [-0.2, 0) is 0 Å². The molecule has 0 aliphatic heterocycles. The van der Waals surface area contributed by atoms with Crippen molar-refractivity contribution in [1.82, 2.24) is 8.94 Å². The van der Waals surface area contributed by atoms with Crippen molar-refractivity contribution in [2.75, 3.05) is 0 Å². The van der Waals surface area contributed by atoms with Gasteiger partial charge in [0.2, 0.25) is 4.80 Å². The molecule has 0 bridgehead atoms. The third-order valence-electron chi connectivity index (χ3n) is 3.20. The number of nitrogens with zero attached hydrogens (tertiary/aromatic N) is 3. The molecule has 0 amide bonds. The summed E-state index contributed by atoms with van der Waals surface area (Å²) in [6, 6.07) is 19.0. The molecule has 3 nitrogen and oxygen atoms in total. The highest BCUT2D eigenvalue weighted by atomic mass is 79.9. The van der Waals surface area contributed by atoms with E-state index < -0.39 is 0 Å². The van der Waals surface area contributed by atoms with Crippen LogP contribution in [0.3, 0.4) is 0 Å². The second kappa shape index (κ2) is 7.70. The molecule has 1 aromatic heterocycles. The van der Waals surface area contributed by atoms with Crippen LogP contribution in [0, 0.1) is 6.92 Å². The Morgan fingerprint density at radius 3 is 2.43 bits per heavy atom. The zero-order valence-corrected chi connectivity index (χ0v) is 16.0. The quantitative estimate of drug-likeness (QED) is 0.632. The first-order chi connectivity index (χ1) is 10.6. The molecule has 0 unspecified atom stereocenters. The molecular weight excluding hydrogens is 370 g/mol. The molecular formula is C18H20BrN3S. The van der Waals surface area contributed by atoms with Crippen LogP contribution in [-0.4, -0.2) is 15.0 Å². The van der Waals surface area contributed by atoms with Crippen molar-refractivity contribution >= 4 is 28.5 Å². The molecule has 23 heavy (non-hydrogen) atoms. The summed E-state index contributed by atoms with van der Waals surface area (Å²) in [7, 11) is 0. The van der Waals surface area contributed by atoms with Crippen molar-refractivity contribution in [3.05, 3.63) is 65.0 Å². The molecule has 0 atom stereocenters. The zero-order chi connectivity index (χ0) is 15.5. The summed E-state index contributed by atoms with van der Waals surface area (Å²) >= 11 is 1.58. The average Bonchev–Trinajstić information content (AvgIpc) is 2.91. The van der Waals surface area contributed by atoms with E-state index in [1.54, 1.807) is 11.5 Å². The van der Waals surface area contributed by atoms with Gasteiger partial charge in [-0.1, -0.05) is 42.5 Å². The maximum atomic E-state index is 4.74. The lowest BCUT2D eigenvalue weighted by molar-refractivity contribution is 0.801. The van der Waals surface area contributed by atoms with Gasteiger partial charge in [-0.05, 0) is 50.0 Å². The molecule has 0 fully saturated rings. The lowest BCUT2D eigenvalue weighted by Crippen LogP contribution is -2.03. The van der Waals surface area contributed by atoms with Crippen LogP contribution in [0.2, 0.25) is 0 Å². The second-order valence-corrected chi connectivity index (χ2v) is 6.44. The first-order valence-electron chi connectivity index (χ1n) is 7.40. The lowest BCUT2D eigenvalue weighted by Gasteiger charge is -2.07. The highest BCUT2D eigenvalue weighted by Gasteiger charge is 2.11.